The summed E-state index contributed by atoms with van der Waals surface area (Å²) in [6.07, 6.45) is 0.895. The molecule has 0 aliphatic rings. The molecule has 0 radical (unpaired) electrons. The molecule has 0 spiro atoms. The second-order valence-electron chi connectivity index (χ2n) is 4.46. The fourth-order valence-corrected chi connectivity index (χ4v) is 1.16. The molecular weight excluding hydrogens is 277 g/mol. The molecule has 1 aromatic heterocycles. The number of β-amino-alcohol motifs (C(OH)–C–C–N with tert-alkyl or cyclic N) is 1. The number of aliphatic hydroxyl groups excluding tert-OH is 2. The Hall–Kier alpha value is -0.590. The number of hydrogen-bond donors (Lipinski definition) is 4. The molecule has 0 saturated carbocycles. The van der Waals surface area contributed by atoms with E-state index >= 15 is 0 Å². The normalized spacial score (nSPS) is 12.2. The maximum atomic E-state index is 9.85. The fourth-order valence-electron chi connectivity index (χ4n) is 1.16. The van der Waals surface area contributed by atoms with Gasteiger partial charge >= 0.3 is 0 Å². The van der Waals surface area contributed by atoms with Gasteiger partial charge in [-0.1, -0.05) is 6.07 Å². The predicted octanol–water partition coefficient (Wildman–Crippen LogP) is 0.901. The summed E-state index contributed by atoms with van der Waals surface area (Å²) in [7, 11) is 0. The Morgan fingerprint density at radius 2 is 2.00 bits per heavy atom. The van der Waals surface area contributed by atoms with Gasteiger partial charge in [-0.2, -0.15) is 0 Å². The summed E-state index contributed by atoms with van der Waals surface area (Å²) < 4.78 is 0. The molecule has 0 aliphatic heterocycles. The summed E-state index contributed by atoms with van der Waals surface area (Å²) in [5.74, 6) is 0.430. The quantitative estimate of drug-likeness (QED) is 0.648. The Morgan fingerprint density at radius 1 is 1.39 bits per heavy atom. The first-order chi connectivity index (χ1) is 7.44. The van der Waals surface area contributed by atoms with E-state index in [1.54, 1.807) is 18.3 Å². The van der Waals surface area contributed by atoms with E-state index in [2.05, 4.69) is 10.3 Å². The van der Waals surface area contributed by atoms with Gasteiger partial charge in [-0.15, -0.1) is 24.8 Å². The summed E-state index contributed by atoms with van der Waals surface area (Å²) in [5.41, 5.74) is 5.75. The van der Waals surface area contributed by atoms with Gasteiger partial charge in [0.15, 0.2) is 0 Å². The number of hydrogen-bond acceptors (Lipinski definition) is 5. The van der Waals surface area contributed by atoms with Crippen molar-refractivity contribution < 1.29 is 10.2 Å². The highest BCUT2D eigenvalue weighted by Crippen LogP contribution is 2.12. The number of pyridine rings is 1. The summed E-state index contributed by atoms with van der Waals surface area (Å²) in [5, 5.41) is 21.9. The number of aliphatic hydroxyl groups is 2. The average Bonchev–Trinajstić information content (AvgIpc) is 2.27. The van der Waals surface area contributed by atoms with Gasteiger partial charge in [-0.25, -0.2) is 4.98 Å². The molecule has 5 N–H and O–H groups in total. The second kappa shape index (κ2) is 8.50. The SMILES string of the molecule is CC(C)(CO)NCC(O)c1ccc(N)nc1.Cl.Cl. The van der Waals surface area contributed by atoms with Crippen molar-refractivity contribution in [2.75, 3.05) is 18.9 Å². The number of anilines is 1. The maximum Gasteiger partial charge on any atom is 0.123 e. The lowest BCUT2D eigenvalue weighted by molar-refractivity contribution is 0.136. The van der Waals surface area contributed by atoms with E-state index < -0.39 is 11.6 Å². The Kier molecular flexibility index (Phi) is 9.32. The van der Waals surface area contributed by atoms with E-state index in [1.807, 2.05) is 13.8 Å². The van der Waals surface area contributed by atoms with Crippen molar-refractivity contribution in [1.82, 2.24) is 10.3 Å². The minimum atomic E-state index is -0.654. The average molecular weight is 298 g/mol. The number of rotatable bonds is 5. The van der Waals surface area contributed by atoms with E-state index in [0.717, 1.165) is 0 Å². The molecule has 0 saturated heterocycles. The molecule has 1 atom stereocenters. The van der Waals surface area contributed by atoms with Gasteiger partial charge in [0.25, 0.3) is 0 Å². The molecule has 1 rings (SSSR count). The minimum absolute atomic E-state index is 0. The first-order valence-electron chi connectivity index (χ1n) is 5.20. The third-order valence-electron chi connectivity index (χ3n) is 2.36. The number of aromatic nitrogens is 1. The molecule has 7 heteroatoms. The molecule has 0 bridgehead atoms. The second-order valence-corrected chi connectivity index (χ2v) is 4.46. The third kappa shape index (κ3) is 6.37. The van der Waals surface area contributed by atoms with Crippen LogP contribution in [0.2, 0.25) is 0 Å². The van der Waals surface area contributed by atoms with Crippen LogP contribution >= 0.6 is 24.8 Å². The molecule has 106 valence electrons. The van der Waals surface area contributed by atoms with Crippen LogP contribution in [-0.4, -0.2) is 33.9 Å². The number of halogens is 2. The first kappa shape index (κ1) is 19.7. The van der Waals surface area contributed by atoms with Crippen LogP contribution in [0.1, 0.15) is 25.5 Å². The first-order valence-corrected chi connectivity index (χ1v) is 5.20. The van der Waals surface area contributed by atoms with Crippen molar-refractivity contribution >= 4 is 30.6 Å². The van der Waals surface area contributed by atoms with Crippen molar-refractivity contribution in [3.8, 4) is 0 Å². The van der Waals surface area contributed by atoms with Crippen LogP contribution in [0.3, 0.4) is 0 Å². The lowest BCUT2D eigenvalue weighted by Gasteiger charge is -2.25. The van der Waals surface area contributed by atoms with Crippen molar-refractivity contribution in [1.29, 1.82) is 0 Å². The van der Waals surface area contributed by atoms with Gasteiger partial charge in [0.1, 0.15) is 5.82 Å². The fraction of sp³-hybridized carbons (Fsp3) is 0.545. The zero-order valence-electron chi connectivity index (χ0n) is 10.5. The van der Waals surface area contributed by atoms with Gasteiger partial charge in [-0.05, 0) is 19.9 Å². The number of nitrogens with zero attached hydrogens (tertiary/aromatic N) is 1. The number of nitrogens with one attached hydrogen (secondary N) is 1. The summed E-state index contributed by atoms with van der Waals surface area (Å²) in [4.78, 5) is 3.91. The molecule has 1 unspecified atom stereocenters. The molecule has 0 aliphatic carbocycles. The van der Waals surface area contributed by atoms with Crippen LogP contribution in [0.25, 0.3) is 0 Å². The van der Waals surface area contributed by atoms with Gasteiger partial charge in [0, 0.05) is 23.8 Å². The van der Waals surface area contributed by atoms with E-state index in [1.165, 1.54) is 0 Å². The van der Waals surface area contributed by atoms with E-state index in [-0.39, 0.29) is 31.4 Å². The molecule has 0 aromatic carbocycles. The minimum Gasteiger partial charge on any atom is -0.394 e. The van der Waals surface area contributed by atoms with Crippen LogP contribution in [-0.2, 0) is 0 Å². The molecule has 5 nitrogen and oxygen atoms in total. The number of nitrogen functional groups attached to an aromatic ring is 1. The van der Waals surface area contributed by atoms with E-state index in [4.69, 9.17) is 10.8 Å². The zero-order valence-corrected chi connectivity index (χ0v) is 12.1. The van der Waals surface area contributed by atoms with Gasteiger partial charge < -0.3 is 21.3 Å². The van der Waals surface area contributed by atoms with Crippen molar-refractivity contribution in [2.45, 2.75) is 25.5 Å². The van der Waals surface area contributed by atoms with Gasteiger partial charge in [0.05, 0.1) is 12.7 Å². The lowest BCUT2D eigenvalue weighted by Crippen LogP contribution is -2.44. The maximum absolute atomic E-state index is 9.85. The van der Waals surface area contributed by atoms with Crippen molar-refractivity contribution in [2.24, 2.45) is 0 Å². The van der Waals surface area contributed by atoms with Crippen molar-refractivity contribution in [3.63, 3.8) is 0 Å². The Balaban J connectivity index is 0. The van der Waals surface area contributed by atoms with E-state index in [9.17, 15) is 5.11 Å². The van der Waals surface area contributed by atoms with Crippen LogP contribution in [0.15, 0.2) is 18.3 Å². The Labute approximate surface area is 120 Å². The highest BCUT2D eigenvalue weighted by molar-refractivity contribution is 5.85. The van der Waals surface area contributed by atoms with Crippen LogP contribution in [0.4, 0.5) is 5.82 Å². The van der Waals surface area contributed by atoms with Crippen LogP contribution in [0, 0.1) is 0 Å². The molecule has 1 heterocycles. The summed E-state index contributed by atoms with van der Waals surface area (Å²) >= 11 is 0. The molecule has 1 aromatic rings. The van der Waals surface area contributed by atoms with Crippen LogP contribution in [0.5, 0.6) is 0 Å². The smallest absolute Gasteiger partial charge is 0.123 e. The molecule has 0 fully saturated rings. The Bertz CT molecular complexity index is 334. The summed E-state index contributed by atoms with van der Waals surface area (Å²) in [6, 6.07) is 3.39. The lowest BCUT2D eigenvalue weighted by atomic mass is 10.1. The molecule has 0 amide bonds. The highest BCUT2D eigenvalue weighted by atomic mass is 35.5. The highest BCUT2D eigenvalue weighted by Gasteiger charge is 2.17. The summed E-state index contributed by atoms with van der Waals surface area (Å²) in [6.45, 7) is 4.10. The predicted molar refractivity (Wildman–Crippen MR) is 77.3 cm³/mol. The van der Waals surface area contributed by atoms with Crippen LogP contribution < -0.4 is 11.1 Å². The zero-order chi connectivity index (χ0) is 12.2. The topological polar surface area (TPSA) is 91.4 Å². The molecular formula is C11H21Cl2N3O2. The molecule has 18 heavy (non-hydrogen) atoms. The third-order valence-corrected chi connectivity index (χ3v) is 2.36. The van der Waals surface area contributed by atoms with Crippen molar-refractivity contribution in [3.05, 3.63) is 23.9 Å². The van der Waals surface area contributed by atoms with E-state index in [0.29, 0.717) is 17.9 Å². The Morgan fingerprint density at radius 3 is 2.44 bits per heavy atom. The number of nitrogens with two attached hydrogens (primary N) is 1. The van der Waals surface area contributed by atoms with Gasteiger partial charge in [-0.3, -0.25) is 0 Å². The van der Waals surface area contributed by atoms with Gasteiger partial charge in [0.2, 0.25) is 0 Å². The standard InChI is InChI=1S/C11H19N3O2.2ClH/c1-11(2,7-15)14-6-9(16)8-3-4-10(12)13-5-8;;/h3-5,9,14-16H,6-7H2,1-2H3,(H2,12,13);2*1H. The monoisotopic (exact) mass is 297 g/mol. The largest absolute Gasteiger partial charge is 0.394 e.